The second kappa shape index (κ2) is 4.98. The number of nitrogens with one attached hydrogen (secondary N) is 1. The molecule has 19 heavy (non-hydrogen) atoms. The Hall–Kier alpha value is -0.740. The van der Waals surface area contributed by atoms with Gasteiger partial charge in [-0.25, -0.2) is 0 Å². The standard InChI is InChI=1S/C12H7Cl4NO2/c1-3-6(13)4(2)17-10(3)5-7(14)12(19)9(16)8(15)11(5)18/h17H,1-2H3. The molecule has 1 aromatic rings. The van der Waals surface area contributed by atoms with Crippen LogP contribution in [-0.2, 0) is 9.59 Å². The second-order valence-corrected chi connectivity index (χ2v) is 5.55. The monoisotopic (exact) mass is 337 g/mol. The van der Waals surface area contributed by atoms with Crippen LogP contribution in [0.5, 0.6) is 0 Å². The minimum Gasteiger partial charge on any atom is -0.357 e. The Bertz CT molecular complexity index is 682. The van der Waals surface area contributed by atoms with Gasteiger partial charge in [0, 0.05) is 5.69 Å². The van der Waals surface area contributed by atoms with Crippen LogP contribution in [0.1, 0.15) is 17.0 Å². The summed E-state index contributed by atoms with van der Waals surface area (Å²) < 4.78 is 0. The number of Topliss-reactive ketones (excluding diaryl/α,β-unsaturated/α-hetero) is 2. The normalized spacial score (nSPS) is 16.7. The predicted molar refractivity (Wildman–Crippen MR) is 76.8 cm³/mol. The molecule has 0 spiro atoms. The van der Waals surface area contributed by atoms with E-state index >= 15 is 0 Å². The van der Waals surface area contributed by atoms with E-state index in [1.807, 2.05) is 0 Å². The van der Waals surface area contributed by atoms with Gasteiger partial charge in [0.25, 0.3) is 0 Å². The van der Waals surface area contributed by atoms with Gasteiger partial charge in [-0.1, -0.05) is 46.4 Å². The number of aromatic amines is 1. The molecule has 3 nitrogen and oxygen atoms in total. The third-order valence-electron chi connectivity index (χ3n) is 2.83. The number of aromatic nitrogens is 1. The highest BCUT2D eigenvalue weighted by molar-refractivity contribution is 6.68. The van der Waals surface area contributed by atoms with Crippen LogP contribution in [0.2, 0.25) is 5.02 Å². The summed E-state index contributed by atoms with van der Waals surface area (Å²) in [5, 5.41) is -0.495. The molecular formula is C12H7Cl4NO2. The lowest BCUT2D eigenvalue weighted by Crippen LogP contribution is -2.17. The van der Waals surface area contributed by atoms with Crippen LogP contribution in [0.3, 0.4) is 0 Å². The molecule has 0 fully saturated rings. The molecular weight excluding hydrogens is 332 g/mol. The van der Waals surface area contributed by atoms with Crippen molar-refractivity contribution < 1.29 is 9.59 Å². The Kier molecular flexibility index (Phi) is 3.85. The first kappa shape index (κ1) is 14.7. The highest BCUT2D eigenvalue weighted by atomic mass is 35.5. The zero-order valence-corrected chi connectivity index (χ0v) is 12.9. The van der Waals surface area contributed by atoms with E-state index in [1.54, 1.807) is 13.8 Å². The van der Waals surface area contributed by atoms with E-state index in [4.69, 9.17) is 46.4 Å². The summed E-state index contributed by atoms with van der Waals surface area (Å²) in [5.41, 5.74) is 1.67. The van der Waals surface area contributed by atoms with Crippen molar-refractivity contribution in [3.63, 3.8) is 0 Å². The summed E-state index contributed by atoms with van der Waals surface area (Å²) in [4.78, 5) is 26.9. The van der Waals surface area contributed by atoms with E-state index in [-0.39, 0.29) is 20.7 Å². The minimum atomic E-state index is -0.675. The van der Waals surface area contributed by atoms with Gasteiger partial charge in [0.2, 0.25) is 11.6 Å². The maximum atomic E-state index is 12.1. The summed E-state index contributed by atoms with van der Waals surface area (Å²) >= 11 is 23.4. The maximum absolute atomic E-state index is 12.1. The average molecular weight is 339 g/mol. The van der Waals surface area contributed by atoms with Crippen molar-refractivity contribution in [3.8, 4) is 0 Å². The third kappa shape index (κ3) is 2.15. The van der Waals surface area contributed by atoms with Gasteiger partial charge in [0.1, 0.15) is 15.1 Å². The summed E-state index contributed by atoms with van der Waals surface area (Å²) in [7, 11) is 0. The van der Waals surface area contributed by atoms with Gasteiger partial charge in [0.15, 0.2) is 0 Å². The van der Waals surface area contributed by atoms with Crippen LogP contribution >= 0.6 is 46.4 Å². The molecule has 100 valence electrons. The maximum Gasteiger partial charge on any atom is 0.218 e. The van der Waals surface area contributed by atoms with Gasteiger partial charge in [-0.15, -0.1) is 0 Å². The Morgan fingerprint density at radius 1 is 0.842 bits per heavy atom. The number of carbonyl (C=O) groups is 2. The van der Waals surface area contributed by atoms with E-state index < -0.39 is 11.6 Å². The number of hydrogen-bond donors (Lipinski definition) is 1. The quantitative estimate of drug-likeness (QED) is 0.784. The van der Waals surface area contributed by atoms with Crippen LogP contribution in [0.15, 0.2) is 15.1 Å². The van der Waals surface area contributed by atoms with Crippen molar-refractivity contribution in [2.45, 2.75) is 13.8 Å². The molecule has 0 saturated heterocycles. The van der Waals surface area contributed by atoms with Crippen LogP contribution in [0.25, 0.3) is 5.57 Å². The summed E-state index contributed by atoms with van der Waals surface area (Å²) in [6, 6.07) is 0. The van der Waals surface area contributed by atoms with Gasteiger partial charge < -0.3 is 4.98 Å². The highest BCUT2D eigenvalue weighted by Crippen LogP contribution is 2.38. The number of halogens is 4. The number of aryl methyl sites for hydroxylation is 1. The molecule has 0 atom stereocenters. The zero-order valence-electron chi connectivity index (χ0n) is 9.83. The molecule has 0 aliphatic heterocycles. The van der Waals surface area contributed by atoms with Gasteiger partial charge in [-0.3, -0.25) is 9.59 Å². The largest absolute Gasteiger partial charge is 0.357 e. The molecule has 0 saturated carbocycles. The summed E-state index contributed by atoms with van der Waals surface area (Å²) in [6.07, 6.45) is 0. The van der Waals surface area contributed by atoms with Crippen LogP contribution < -0.4 is 0 Å². The third-order valence-corrected chi connectivity index (χ3v) is 4.58. The average Bonchev–Trinajstić information content (AvgIpc) is 2.62. The molecule has 1 aliphatic carbocycles. The van der Waals surface area contributed by atoms with Crippen molar-refractivity contribution in [1.82, 2.24) is 4.98 Å². The number of hydrogen-bond acceptors (Lipinski definition) is 2. The molecule has 1 heterocycles. The van der Waals surface area contributed by atoms with E-state index in [9.17, 15) is 9.59 Å². The molecule has 0 amide bonds. The lowest BCUT2D eigenvalue weighted by atomic mass is 9.98. The van der Waals surface area contributed by atoms with Crippen molar-refractivity contribution in [1.29, 1.82) is 0 Å². The number of carbonyl (C=O) groups excluding carboxylic acids is 2. The fraction of sp³-hybridized carbons (Fsp3) is 0.167. The molecule has 0 aromatic carbocycles. The SMILES string of the molecule is Cc1[nH]c(C2=C(Cl)C(=O)C(Cl)=C(Cl)C2=O)c(C)c1Cl. The molecule has 0 bridgehead atoms. The molecule has 1 aromatic heterocycles. The van der Waals surface area contributed by atoms with E-state index in [2.05, 4.69) is 4.98 Å². The fourth-order valence-corrected chi connectivity index (χ4v) is 2.64. The summed E-state index contributed by atoms with van der Waals surface area (Å²) in [5.74, 6) is -1.28. The van der Waals surface area contributed by atoms with E-state index in [0.29, 0.717) is 22.0 Å². The zero-order chi connectivity index (χ0) is 14.5. The predicted octanol–water partition coefficient (Wildman–Crippen LogP) is 4.08. The van der Waals surface area contributed by atoms with Crippen molar-refractivity contribution >= 4 is 63.5 Å². The number of rotatable bonds is 1. The van der Waals surface area contributed by atoms with Crippen LogP contribution in [0, 0.1) is 13.8 Å². The fourth-order valence-electron chi connectivity index (χ4n) is 1.82. The second-order valence-electron chi connectivity index (χ2n) is 4.04. The first-order chi connectivity index (χ1) is 8.77. The molecule has 0 unspecified atom stereocenters. The molecule has 0 radical (unpaired) electrons. The van der Waals surface area contributed by atoms with E-state index in [1.165, 1.54) is 0 Å². The summed E-state index contributed by atoms with van der Waals surface area (Å²) in [6.45, 7) is 3.46. The molecule has 7 heteroatoms. The first-order valence-corrected chi connectivity index (χ1v) is 6.68. The van der Waals surface area contributed by atoms with E-state index in [0.717, 1.165) is 0 Å². The molecule has 1 N–H and O–H groups in total. The van der Waals surface area contributed by atoms with Crippen molar-refractivity contribution in [2.75, 3.05) is 0 Å². The lowest BCUT2D eigenvalue weighted by molar-refractivity contribution is -0.114. The molecule has 1 aliphatic rings. The van der Waals surface area contributed by atoms with Crippen LogP contribution in [-0.4, -0.2) is 16.6 Å². The van der Waals surface area contributed by atoms with Crippen LogP contribution in [0.4, 0.5) is 0 Å². The minimum absolute atomic E-state index is 0.00596. The topological polar surface area (TPSA) is 49.9 Å². The number of H-pyrrole nitrogens is 1. The number of allylic oxidation sites excluding steroid dienone is 4. The molecule has 2 rings (SSSR count). The Balaban J connectivity index is 2.71. The highest BCUT2D eigenvalue weighted by Gasteiger charge is 2.34. The first-order valence-electron chi connectivity index (χ1n) is 5.16. The van der Waals surface area contributed by atoms with Gasteiger partial charge in [0.05, 0.1) is 16.3 Å². The Morgan fingerprint density at radius 2 is 1.37 bits per heavy atom. The Morgan fingerprint density at radius 3 is 1.84 bits per heavy atom. The van der Waals surface area contributed by atoms with Gasteiger partial charge in [-0.2, -0.15) is 0 Å². The Labute approximate surface area is 129 Å². The van der Waals surface area contributed by atoms with Gasteiger partial charge in [-0.05, 0) is 19.4 Å². The van der Waals surface area contributed by atoms with Crippen molar-refractivity contribution in [3.05, 3.63) is 37.1 Å². The smallest absolute Gasteiger partial charge is 0.218 e. The van der Waals surface area contributed by atoms with Crippen molar-refractivity contribution in [2.24, 2.45) is 0 Å². The lowest BCUT2D eigenvalue weighted by Gasteiger charge is -2.14. The number of ketones is 2. The van der Waals surface area contributed by atoms with Gasteiger partial charge >= 0.3 is 0 Å².